The van der Waals surface area contributed by atoms with Gasteiger partial charge in [-0.1, -0.05) is 45.0 Å². The van der Waals surface area contributed by atoms with Gasteiger partial charge in [-0.3, -0.25) is 0 Å². The van der Waals surface area contributed by atoms with E-state index in [1.165, 1.54) is 0 Å². The zero-order chi connectivity index (χ0) is 16.5. The summed E-state index contributed by atoms with van der Waals surface area (Å²) >= 11 is 2.01. The van der Waals surface area contributed by atoms with E-state index < -0.39 is 10.1 Å². The minimum atomic E-state index is -3.83. The molecule has 0 bridgehead atoms. The van der Waals surface area contributed by atoms with Crippen LogP contribution in [-0.4, -0.2) is 8.42 Å². The second-order valence-corrected chi connectivity index (χ2v) is 8.84. The standard InChI is InChI=1S/C17H19IO3S/c1-12-6-5-7-15(18)16(12)22(19,20)21-14-10-8-13(9-11-14)17(2,3)4/h5-11H,1-4H3. The Balaban J connectivity index is 2.34. The Hall–Kier alpha value is -1.08. The van der Waals surface area contributed by atoms with Crippen LogP contribution in [0.1, 0.15) is 31.9 Å². The van der Waals surface area contributed by atoms with Crippen LogP contribution in [0.25, 0.3) is 0 Å². The van der Waals surface area contributed by atoms with E-state index >= 15 is 0 Å². The van der Waals surface area contributed by atoms with Gasteiger partial charge >= 0.3 is 10.1 Å². The lowest BCUT2D eigenvalue weighted by molar-refractivity contribution is 0.484. The number of hydrogen-bond donors (Lipinski definition) is 0. The van der Waals surface area contributed by atoms with Crippen LogP contribution in [0.5, 0.6) is 5.75 Å². The van der Waals surface area contributed by atoms with Gasteiger partial charge in [0, 0.05) is 3.57 Å². The molecule has 0 N–H and O–H groups in total. The van der Waals surface area contributed by atoms with Crippen LogP contribution in [0.15, 0.2) is 47.4 Å². The van der Waals surface area contributed by atoms with Crippen molar-refractivity contribution in [3.63, 3.8) is 0 Å². The molecule has 22 heavy (non-hydrogen) atoms. The molecule has 2 aromatic rings. The number of halogens is 1. The van der Waals surface area contributed by atoms with E-state index in [0.717, 1.165) is 5.56 Å². The molecule has 0 atom stereocenters. The molecule has 2 aromatic carbocycles. The van der Waals surface area contributed by atoms with Crippen LogP contribution in [0.4, 0.5) is 0 Å². The Labute approximate surface area is 146 Å². The molecule has 0 saturated heterocycles. The Morgan fingerprint density at radius 3 is 2.09 bits per heavy atom. The first-order chi connectivity index (χ1) is 10.1. The van der Waals surface area contributed by atoms with Gasteiger partial charge in [0.1, 0.15) is 10.6 Å². The lowest BCUT2D eigenvalue weighted by atomic mass is 9.87. The molecule has 0 saturated carbocycles. The van der Waals surface area contributed by atoms with Crippen LogP contribution >= 0.6 is 22.6 Å². The fourth-order valence-corrected chi connectivity index (χ4v) is 4.77. The van der Waals surface area contributed by atoms with Crippen molar-refractivity contribution in [1.29, 1.82) is 0 Å². The molecule has 0 amide bonds. The summed E-state index contributed by atoms with van der Waals surface area (Å²) in [6.07, 6.45) is 0. The summed E-state index contributed by atoms with van der Waals surface area (Å²) in [6.45, 7) is 8.08. The molecule has 0 aromatic heterocycles. The summed E-state index contributed by atoms with van der Waals surface area (Å²) < 4.78 is 30.9. The van der Waals surface area contributed by atoms with Crippen molar-refractivity contribution in [2.24, 2.45) is 0 Å². The molecule has 2 rings (SSSR count). The lowest BCUT2D eigenvalue weighted by Crippen LogP contribution is -2.14. The first-order valence-corrected chi connectivity index (χ1v) is 9.40. The average molecular weight is 430 g/mol. The van der Waals surface area contributed by atoms with Crippen LogP contribution in [0.2, 0.25) is 0 Å². The summed E-state index contributed by atoms with van der Waals surface area (Å²) in [7, 11) is -3.83. The molecule has 0 aliphatic rings. The first-order valence-electron chi connectivity index (χ1n) is 6.91. The van der Waals surface area contributed by atoms with Crippen molar-refractivity contribution in [2.45, 2.75) is 38.0 Å². The number of aryl methyl sites for hydroxylation is 1. The Morgan fingerprint density at radius 2 is 1.59 bits per heavy atom. The predicted octanol–water partition coefficient (Wildman–Crippen LogP) is 4.66. The Kier molecular flexibility index (Phi) is 4.87. The van der Waals surface area contributed by atoms with Crippen molar-refractivity contribution in [1.82, 2.24) is 0 Å². The highest BCUT2D eigenvalue weighted by Gasteiger charge is 2.22. The molecule has 0 heterocycles. The molecule has 5 heteroatoms. The van der Waals surface area contributed by atoms with Crippen molar-refractivity contribution >= 4 is 32.7 Å². The summed E-state index contributed by atoms with van der Waals surface area (Å²) in [4.78, 5) is 0.232. The van der Waals surface area contributed by atoms with E-state index in [1.54, 1.807) is 31.2 Å². The summed E-state index contributed by atoms with van der Waals surface area (Å²) in [5, 5.41) is 0. The average Bonchev–Trinajstić information content (AvgIpc) is 2.37. The zero-order valence-electron chi connectivity index (χ0n) is 13.1. The van der Waals surface area contributed by atoms with Gasteiger partial charge in [-0.2, -0.15) is 8.42 Å². The van der Waals surface area contributed by atoms with Gasteiger partial charge in [0.05, 0.1) is 0 Å². The van der Waals surface area contributed by atoms with Crippen molar-refractivity contribution in [3.8, 4) is 5.75 Å². The monoisotopic (exact) mass is 430 g/mol. The lowest BCUT2D eigenvalue weighted by Gasteiger charge is -2.19. The van der Waals surface area contributed by atoms with Crippen LogP contribution < -0.4 is 4.18 Å². The van der Waals surface area contributed by atoms with Crippen molar-refractivity contribution < 1.29 is 12.6 Å². The van der Waals surface area contributed by atoms with E-state index in [-0.39, 0.29) is 10.3 Å². The first kappa shape index (κ1) is 17.3. The largest absolute Gasteiger partial charge is 0.379 e. The highest BCUT2D eigenvalue weighted by atomic mass is 127. The van der Waals surface area contributed by atoms with Gasteiger partial charge in [0.2, 0.25) is 0 Å². The van der Waals surface area contributed by atoms with E-state index in [4.69, 9.17) is 4.18 Å². The van der Waals surface area contributed by atoms with E-state index in [0.29, 0.717) is 14.9 Å². The van der Waals surface area contributed by atoms with Gasteiger partial charge in [-0.25, -0.2) is 0 Å². The quantitative estimate of drug-likeness (QED) is 0.526. The smallest absolute Gasteiger partial charge is 0.340 e. The van der Waals surface area contributed by atoms with Crippen LogP contribution in [0, 0.1) is 10.5 Å². The zero-order valence-corrected chi connectivity index (χ0v) is 16.0. The molecule has 0 aliphatic heterocycles. The maximum atomic E-state index is 12.5. The maximum Gasteiger partial charge on any atom is 0.340 e. The molecule has 0 radical (unpaired) electrons. The van der Waals surface area contributed by atoms with Gasteiger partial charge in [0.15, 0.2) is 0 Å². The molecule has 0 fully saturated rings. The van der Waals surface area contributed by atoms with Gasteiger partial charge < -0.3 is 4.18 Å². The van der Waals surface area contributed by atoms with Gasteiger partial charge in [-0.15, -0.1) is 0 Å². The molecule has 118 valence electrons. The molecule has 0 spiro atoms. The minimum Gasteiger partial charge on any atom is -0.379 e. The van der Waals surface area contributed by atoms with E-state index in [1.807, 2.05) is 40.8 Å². The van der Waals surface area contributed by atoms with Gasteiger partial charge in [-0.05, 0) is 64.3 Å². The Morgan fingerprint density at radius 1 is 1.00 bits per heavy atom. The second kappa shape index (κ2) is 6.20. The van der Waals surface area contributed by atoms with E-state index in [2.05, 4.69) is 20.8 Å². The highest BCUT2D eigenvalue weighted by Crippen LogP contribution is 2.28. The predicted molar refractivity (Wildman–Crippen MR) is 96.9 cm³/mol. The third kappa shape index (κ3) is 3.81. The maximum absolute atomic E-state index is 12.5. The van der Waals surface area contributed by atoms with Crippen LogP contribution in [-0.2, 0) is 15.5 Å². The number of hydrogen-bond acceptors (Lipinski definition) is 3. The minimum absolute atomic E-state index is 0.0167. The van der Waals surface area contributed by atoms with Crippen molar-refractivity contribution in [2.75, 3.05) is 0 Å². The summed E-state index contributed by atoms with van der Waals surface area (Å²) in [5.41, 5.74) is 1.82. The third-order valence-corrected chi connectivity index (χ3v) is 6.06. The van der Waals surface area contributed by atoms with Crippen LogP contribution in [0.3, 0.4) is 0 Å². The second-order valence-electron chi connectivity index (χ2n) is 6.20. The molecule has 3 nitrogen and oxygen atoms in total. The molecule has 0 aliphatic carbocycles. The Bertz CT molecular complexity index is 752. The van der Waals surface area contributed by atoms with Crippen molar-refractivity contribution in [3.05, 3.63) is 57.2 Å². The molecular formula is C17H19IO3S. The summed E-state index contributed by atoms with van der Waals surface area (Å²) in [5.74, 6) is 0.326. The SMILES string of the molecule is Cc1cccc(I)c1S(=O)(=O)Oc1ccc(C(C)(C)C)cc1. The van der Waals surface area contributed by atoms with Gasteiger partial charge in [0.25, 0.3) is 0 Å². The summed E-state index contributed by atoms with van der Waals surface area (Å²) in [6, 6.07) is 12.5. The third-order valence-electron chi connectivity index (χ3n) is 3.34. The normalized spacial score (nSPS) is 12.2. The number of benzene rings is 2. The molecular weight excluding hydrogens is 411 g/mol. The molecule has 0 unspecified atom stereocenters. The fourth-order valence-electron chi connectivity index (χ4n) is 2.11. The topological polar surface area (TPSA) is 43.4 Å². The van der Waals surface area contributed by atoms with E-state index in [9.17, 15) is 8.42 Å². The number of rotatable bonds is 3. The fraction of sp³-hybridized carbons (Fsp3) is 0.294. The highest BCUT2D eigenvalue weighted by molar-refractivity contribution is 14.1.